The molecule has 0 aromatic heterocycles. The van der Waals surface area contributed by atoms with Crippen molar-refractivity contribution in [1.29, 1.82) is 0 Å². The SMILES string of the molecule is COc1ccc2c(c1)CC[C@@H]1[C@@H]2CC[C@@]2(C)[C@]13C[CH+][C@]2(O)CC3. The van der Waals surface area contributed by atoms with Gasteiger partial charge in [0.15, 0.2) is 0 Å². The highest BCUT2D eigenvalue weighted by atomic mass is 16.5. The number of ether oxygens (including phenoxy) is 1. The first-order valence-electron chi connectivity index (χ1n) is 9.27. The topological polar surface area (TPSA) is 29.5 Å². The number of fused-ring (bicyclic) bond motifs is 3. The molecule has 0 heterocycles. The number of hydrogen-bond acceptors (Lipinski definition) is 2. The van der Waals surface area contributed by atoms with Gasteiger partial charge in [-0.15, -0.1) is 0 Å². The number of hydrogen-bond donors (Lipinski definition) is 1. The van der Waals surface area contributed by atoms with Crippen molar-refractivity contribution in [3.8, 4) is 5.75 Å². The second kappa shape index (κ2) is 4.27. The lowest BCUT2D eigenvalue weighted by Gasteiger charge is -2.54. The van der Waals surface area contributed by atoms with Crippen LogP contribution in [0.25, 0.3) is 0 Å². The van der Waals surface area contributed by atoms with E-state index in [1.54, 1.807) is 12.7 Å². The summed E-state index contributed by atoms with van der Waals surface area (Å²) in [5.41, 5.74) is 3.05. The van der Waals surface area contributed by atoms with Crippen molar-refractivity contribution in [1.82, 2.24) is 0 Å². The molecule has 0 spiro atoms. The molecule has 5 atom stereocenters. The van der Waals surface area contributed by atoms with Crippen LogP contribution in [-0.4, -0.2) is 17.8 Å². The van der Waals surface area contributed by atoms with Gasteiger partial charge in [-0.1, -0.05) is 13.0 Å². The molecule has 4 aliphatic rings. The van der Waals surface area contributed by atoms with Gasteiger partial charge in [0.05, 0.1) is 13.5 Å². The van der Waals surface area contributed by atoms with Crippen LogP contribution in [0.1, 0.15) is 62.5 Å². The Morgan fingerprint density at radius 1 is 1.22 bits per heavy atom. The molecule has 0 radical (unpaired) electrons. The van der Waals surface area contributed by atoms with Crippen LogP contribution < -0.4 is 4.74 Å². The first-order chi connectivity index (χ1) is 11.0. The zero-order valence-electron chi connectivity index (χ0n) is 14.3. The number of benzene rings is 1. The molecule has 0 aliphatic heterocycles. The predicted octanol–water partition coefficient (Wildman–Crippen LogP) is 4.26. The summed E-state index contributed by atoms with van der Waals surface area (Å²) < 4.78 is 5.42. The summed E-state index contributed by atoms with van der Waals surface area (Å²) in [4.78, 5) is 0. The van der Waals surface area contributed by atoms with E-state index in [0.29, 0.717) is 11.3 Å². The molecular formula is C21H27O2+. The Morgan fingerprint density at radius 2 is 2.09 bits per heavy atom. The highest BCUT2D eigenvalue weighted by Gasteiger charge is 2.79. The molecule has 2 bridgehead atoms. The summed E-state index contributed by atoms with van der Waals surface area (Å²) in [6.45, 7) is 2.39. The number of methoxy groups -OCH3 is 1. The van der Waals surface area contributed by atoms with E-state index in [2.05, 4.69) is 31.5 Å². The normalized spacial score (nSPS) is 46.6. The van der Waals surface area contributed by atoms with Crippen molar-refractivity contribution >= 4 is 0 Å². The van der Waals surface area contributed by atoms with Gasteiger partial charge in [-0.05, 0) is 67.2 Å². The molecule has 4 aliphatic carbocycles. The van der Waals surface area contributed by atoms with Gasteiger partial charge in [-0.25, -0.2) is 0 Å². The molecule has 3 saturated carbocycles. The predicted molar refractivity (Wildman–Crippen MR) is 90.4 cm³/mol. The van der Waals surface area contributed by atoms with Crippen molar-refractivity contribution in [2.24, 2.45) is 16.7 Å². The van der Waals surface area contributed by atoms with E-state index in [-0.39, 0.29) is 5.41 Å². The molecule has 1 N–H and O–H groups in total. The van der Waals surface area contributed by atoms with E-state index in [1.807, 2.05) is 0 Å². The molecule has 122 valence electrons. The molecule has 23 heavy (non-hydrogen) atoms. The lowest BCUT2D eigenvalue weighted by molar-refractivity contribution is -0.0940. The third-order valence-corrected chi connectivity index (χ3v) is 8.44. The minimum Gasteiger partial charge on any atom is -0.497 e. The summed E-state index contributed by atoms with van der Waals surface area (Å²) in [6.07, 6.45) is 10.5. The Bertz CT molecular complexity index is 656. The van der Waals surface area contributed by atoms with Gasteiger partial charge >= 0.3 is 0 Å². The fourth-order valence-corrected chi connectivity index (χ4v) is 7.09. The molecule has 3 fully saturated rings. The molecule has 0 amide bonds. The molecule has 5 rings (SSSR count). The number of aryl methyl sites for hydroxylation is 1. The lowest BCUT2D eigenvalue weighted by atomic mass is 9.48. The van der Waals surface area contributed by atoms with Crippen molar-refractivity contribution in [3.05, 3.63) is 35.7 Å². The Morgan fingerprint density at radius 3 is 2.83 bits per heavy atom. The average molecular weight is 311 g/mol. The second-order valence-electron chi connectivity index (χ2n) is 8.68. The minimum atomic E-state index is -0.488. The maximum Gasteiger partial charge on any atom is 0.210 e. The van der Waals surface area contributed by atoms with Gasteiger partial charge in [-0.2, -0.15) is 0 Å². The van der Waals surface area contributed by atoms with Crippen molar-refractivity contribution in [3.63, 3.8) is 0 Å². The van der Waals surface area contributed by atoms with Crippen molar-refractivity contribution < 1.29 is 9.84 Å². The Kier molecular flexibility index (Phi) is 2.64. The Labute approximate surface area is 139 Å². The van der Waals surface area contributed by atoms with Gasteiger partial charge in [0.25, 0.3) is 0 Å². The van der Waals surface area contributed by atoms with Gasteiger partial charge in [0.1, 0.15) is 12.2 Å². The third-order valence-electron chi connectivity index (χ3n) is 8.44. The average Bonchev–Trinajstić information content (AvgIpc) is 2.95. The maximum atomic E-state index is 11.2. The van der Waals surface area contributed by atoms with E-state index >= 15 is 0 Å². The van der Waals surface area contributed by atoms with Crippen LogP contribution >= 0.6 is 0 Å². The van der Waals surface area contributed by atoms with E-state index < -0.39 is 5.60 Å². The molecule has 2 nitrogen and oxygen atoms in total. The van der Waals surface area contributed by atoms with E-state index in [0.717, 1.165) is 24.5 Å². The zero-order valence-corrected chi connectivity index (χ0v) is 14.3. The van der Waals surface area contributed by atoms with E-state index in [9.17, 15) is 5.11 Å². The van der Waals surface area contributed by atoms with Gasteiger partial charge in [0, 0.05) is 17.3 Å². The third kappa shape index (κ3) is 1.48. The van der Waals surface area contributed by atoms with Gasteiger partial charge < -0.3 is 9.84 Å². The smallest absolute Gasteiger partial charge is 0.210 e. The van der Waals surface area contributed by atoms with Crippen LogP contribution in [-0.2, 0) is 6.42 Å². The maximum absolute atomic E-state index is 11.2. The highest BCUT2D eigenvalue weighted by Crippen LogP contribution is 2.77. The molecule has 1 aromatic rings. The second-order valence-corrected chi connectivity index (χ2v) is 8.68. The van der Waals surface area contributed by atoms with Crippen LogP contribution in [0.15, 0.2) is 18.2 Å². The molecular weight excluding hydrogens is 284 g/mol. The first kappa shape index (κ1) is 14.2. The molecule has 1 aromatic carbocycles. The van der Waals surface area contributed by atoms with E-state index in [4.69, 9.17) is 4.74 Å². The summed E-state index contributed by atoms with van der Waals surface area (Å²) >= 11 is 0. The molecule has 0 saturated heterocycles. The quantitative estimate of drug-likeness (QED) is 0.785. The van der Waals surface area contributed by atoms with Crippen molar-refractivity contribution in [2.75, 3.05) is 7.11 Å². The van der Waals surface area contributed by atoms with Gasteiger partial charge in [-0.3, -0.25) is 0 Å². The van der Waals surface area contributed by atoms with Crippen LogP contribution in [0, 0.1) is 23.2 Å². The summed E-state index contributed by atoms with van der Waals surface area (Å²) in [5, 5.41) is 11.2. The summed E-state index contributed by atoms with van der Waals surface area (Å²) in [5.74, 6) is 2.42. The fourth-order valence-electron chi connectivity index (χ4n) is 7.09. The minimum absolute atomic E-state index is 0.116. The van der Waals surface area contributed by atoms with Crippen LogP contribution in [0.2, 0.25) is 0 Å². The van der Waals surface area contributed by atoms with Crippen LogP contribution in [0.5, 0.6) is 5.75 Å². The highest BCUT2D eigenvalue weighted by molar-refractivity contribution is 5.42. The molecule has 0 unspecified atom stereocenters. The zero-order chi connectivity index (χ0) is 15.9. The molecule has 2 heteroatoms. The monoisotopic (exact) mass is 311 g/mol. The largest absolute Gasteiger partial charge is 0.497 e. The first-order valence-corrected chi connectivity index (χ1v) is 9.27. The van der Waals surface area contributed by atoms with Crippen LogP contribution in [0.4, 0.5) is 0 Å². The number of aliphatic hydroxyl groups is 1. The fraction of sp³-hybridized carbons (Fsp3) is 0.667. The van der Waals surface area contributed by atoms with Gasteiger partial charge in [0.2, 0.25) is 5.60 Å². The number of rotatable bonds is 1. The standard InChI is InChI=1S/C21H27O2/c1-19-8-7-17-16-5-4-15(23-2)13-14(16)3-6-18(17)20(19)9-11-21(19,22)12-10-20/h4-5,11,13,17-18,22H,3,6-10,12H2,1-2H3/q+1/t17-,18-,19+,20+,21+/m1/s1. The van der Waals surface area contributed by atoms with Crippen LogP contribution in [0.3, 0.4) is 0 Å². The lowest BCUT2D eigenvalue weighted by Crippen LogP contribution is -2.51. The van der Waals surface area contributed by atoms with Crippen molar-refractivity contribution in [2.45, 2.75) is 63.4 Å². The summed E-state index contributed by atoms with van der Waals surface area (Å²) in [7, 11) is 1.76. The van der Waals surface area contributed by atoms with E-state index in [1.165, 1.54) is 37.7 Å². The summed E-state index contributed by atoms with van der Waals surface area (Å²) in [6, 6.07) is 6.71. The Hall–Kier alpha value is -1.15. The Balaban J connectivity index is 1.59.